The Morgan fingerprint density at radius 3 is 2.50 bits per heavy atom. The summed E-state index contributed by atoms with van der Waals surface area (Å²) in [6.07, 6.45) is 4.81. The van der Waals surface area contributed by atoms with Gasteiger partial charge in [-0.25, -0.2) is 4.98 Å². The number of nitrogens with zero attached hydrogens (tertiary/aromatic N) is 4. The van der Waals surface area contributed by atoms with E-state index in [9.17, 15) is 14.4 Å². The lowest BCUT2D eigenvalue weighted by Gasteiger charge is -2.21. The van der Waals surface area contributed by atoms with E-state index in [1.807, 2.05) is 37.7 Å². The third-order valence-corrected chi connectivity index (χ3v) is 8.22. The number of amides is 3. The molecule has 0 saturated heterocycles. The highest BCUT2D eigenvalue weighted by molar-refractivity contribution is 9.10. The van der Waals surface area contributed by atoms with E-state index in [0.29, 0.717) is 33.4 Å². The lowest BCUT2D eigenvalue weighted by molar-refractivity contribution is -0.122. The van der Waals surface area contributed by atoms with Gasteiger partial charge in [0.1, 0.15) is 11.2 Å². The van der Waals surface area contributed by atoms with Gasteiger partial charge in [-0.2, -0.15) is 0 Å². The van der Waals surface area contributed by atoms with Gasteiger partial charge in [0, 0.05) is 35.6 Å². The van der Waals surface area contributed by atoms with Gasteiger partial charge in [0.05, 0.1) is 29.5 Å². The Kier molecular flexibility index (Phi) is 11.0. The lowest BCUT2D eigenvalue weighted by Crippen LogP contribution is -2.37. The normalized spacial score (nSPS) is 11.3. The molecule has 2 aromatic carbocycles. The smallest absolute Gasteiger partial charge is 0.246 e. The summed E-state index contributed by atoms with van der Waals surface area (Å²) >= 11 is 16.7. The van der Waals surface area contributed by atoms with Crippen molar-refractivity contribution in [2.24, 2.45) is 0 Å². The largest absolute Gasteiger partial charge is 0.485 e. The predicted molar refractivity (Wildman–Crippen MR) is 178 cm³/mol. The number of rotatable bonds is 11. The van der Waals surface area contributed by atoms with Gasteiger partial charge in [-0.1, -0.05) is 35.3 Å². The van der Waals surface area contributed by atoms with Gasteiger partial charge in [-0.3, -0.25) is 18.8 Å². The second kappa shape index (κ2) is 14.7. The van der Waals surface area contributed by atoms with Crippen molar-refractivity contribution in [2.45, 2.75) is 13.5 Å². The van der Waals surface area contributed by atoms with Crippen molar-refractivity contribution in [3.63, 3.8) is 0 Å². The van der Waals surface area contributed by atoms with Gasteiger partial charge >= 0.3 is 0 Å². The number of carbonyl (C=O) groups excluding carboxylic acids is 3. The number of likely N-dealkylation sites (N-methyl/N-ethyl adjacent to an activating group) is 2. The van der Waals surface area contributed by atoms with E-state index in [-0.39, 0.29) is 36.5 Å². The average Bonchev–Trinajstić information content (AvgIpc) is 3.28. The summed E-state index contributed by atoms with van der Waals surface area (Å²) in [6.45, 7) is 1.95. The van der Waals surface area contributed by atoms with Crippen LogP contribution < -0.4 is 20.3 Å². The van der Waals surface area contributed by atoms with E-state index in [4.69, 9.17) is 27.9 Å². The monoisotopic (exact) mass is 700 g/mol. The van der Waals surface area contributed by atoms with Crippen LogP contribution in [0.4, 0.5) is 11.4 Å². The van der Waals surface area contributed by atoms with Crippen LogP contribution in [-0.4, -0.2) is 66.2 Å². The number of aryl methyl sites for hydroxylation is 1. The van der Waals surface area contributed by atoms with Gasteiger partial charge < -0.3 is 25.2 Å². The topological polar surface area (TPSA) is 108 Å². The highest BCUT2D eigenvalue weighted by atomic mass is 79.9. The van der Waals surface area contributed by atoms with Crippen LogP contribution >= 0.6 is 39.1 Å². The minimum Gasteiger partial charge on any atom is -0.485 e. The van der Waals surface area contributed by atoms with Crippen molar-refractivity contribution < 1.29 is 19.1 Å². The summed E-state index contributed by atoms with van der Waals surface area (Å²) in [7, 11) is 5.19. The highest BCUT2D eigenvalue weighted by Crippen LogP contribution is 2.35. The van der Waals surface area contributed by atoms with Crippen LogP contribution in [0.3, 0.4) is 0 Å². The van der Waals surface area contributed by atoms with E-state index in [1.165, 1.54) is 11.0 Å². The molecule has 230 valence electrons. The number of imidazole rings is 1. The summed E-state index contributed by atoms with van der Waals surface area (Å²) in [5.41, 5.74) is 3.78. The number of hydrogen-bond donors (Lipinski definition) is 2. The molecule has 0 aliphatic heterocycles. The first-order valence-electron chi connectivity index (χ1n) is 13.4. The number of fused-ring (bicyclic) bond motifs is 1. The molecule has 0 aliphatic carbocycles. The van der Waals surface area contributed by atoms with E-state index < -0.39 is 5.91 Å². The minimum atomic E-state index is -0.443. The van der Waals surface area contributed by atoms with Crippen LogP contribution in [-0.2, 0) is 21.0 Å². The third kappa shape index (κ3) is 8.17. The van der Waals surface area contributed by atoms with E-state index >= 15 is 0 Å². The van der Waals surface area contributed by atoms with Crippen molar-refractivity contribution in [1.82, 2.24) is 19.6 Å². The number of anilines is 2. The number of hydrogen-bond acceptors (Lipinski definition) is 6. The van der Waals surface area contributed by atoms with Crippen LogP contribution in [0.1, 0.15) is 16.8 Å². The molecule has 2 N–H and O–H groups in total. The van der Waals surface area contributed by atoms with Crippen LogP contribution in [0.25, 0.3) is 11.7 Å². The molecule has 13 heteroatoms. The molecule has 0 aliphatic rings. The Bertz CT molecular complexity index is 1720. The number of aromatic nitrogens is 2. The number of benzene rings is 2. The SMILES string of the molecule is Cc1nc2c(OCc3c(Cl)ccc(N(C)C(=O)CNC(=O)/C=C/c4ccc(NC(=O)CN(C)C)cc4)c3Cl)cccn2c1Br. The lowest BCUT2D eigenvalue weighted by atomic mass is 10.2. The Labute approximate surface area is 273 Å². The fourth-order valence-corrected chi connectivity index (χ4v) is 5.16. The first kappa shape index (κ1) is 33.0. The second-order valence-electron chi connectivity index (χ2n) is 10.1. The van der Waals surface area contributed by atoms with Crippen molar-refractivity contribution in [2.75, 3.05) is 44.4 Å². The molecule has 44 heavy (non-hydrogen) atoms. The van der Waals surface area contributed by atoms with Crippen LogP contribution in [0.15, 0.2) is 65.4 Å². The zero-order chi connectivity index (χ0) is 32.0. The molecule has 0 radical (unpaired) electrons. The molecule has 4 aromatic rings. The van der Waals surface area contributed by atoms with Crippen molar-refractivity contribution >= 4 is 80.0 Å². The predicted octanol–water partition coefficient (Wildman–Crippen LogP) is 5.58. The molecular weight excluding hydrogens is 671 g/mol. The molecular formula is C31H31BrCl2N6O4. The van der Waals surface area contributed by atoms with Gasteiger partial charge in [0.2, 0.25) is 17.7 Å². The summed E-state index contributed by atoms with van der Waals surface area (Å²) in [6, 6.07) is 14.0. The minimum absolute atomic E-state index is 0.0434. The molecule has 2 aromatic heterocycles. The number of nitrogens with one attached hydrogen (secondary N) is 2. The van der Waals surface area contributed by atoms with Crippen molar-refractivity contribution in [3.8, 4) is 5.75 Å². The highest BCUT2D eigenvalue weighted by Gasteiger charge is 2.20. The van der Waals surface area contributed by atoms with E-state index in [1.54, 1.807) is 60.5 Å². The van der Waals surface area contributed by atoms with Crippen LogP contribution in [0, 0.1) is 6.92 Å². The average molecular weight is 702 g/mol. The maximum Gasteiger partial charge on any atom is 0.246 e. The first-order chi connectivity index (χ1) is 20.9. The molecule has 0 fully saturated rings. The molecule has 3 amide bonds. The van der Waals surface area contributed by atoms with Gasteiger partial charge in [-0.15, -0.1) is 0 Å². The Morgan fingerprint density at radius 1 is 1.07 bits per heavy atom. The van der Waals surface area contributed by atoms with E-state index in [2.05, 4.69) is 31.5 Å². The quantitative estimate of drug-likeness (QED) is 0.198. The number of carbonyl (C=O) groups is 3. The van der Waals surface area contributed by atoms with E-state index in [0.717, 1.165) is 15.9 Å². The molecule has 0 bridgehead atoms. The Hall–Kier alpha value is -3.90. The van der Waals surface area contributed by atoms with Gasteiger partial charge in [0.15, 0.2) is 11.4 Å². The molecule has 0 unspecified atom stereocenters. The Morgan fingerprint density at radius 2 is 1.80 bits per heavy atom. The van der Waals surface area contributed by atoms with Gasteiger partial charge in [0.25, 0.3) is 0 Å². The molecule has 4 rings (SSSR count). The number of halogens is 3. The zero-order valence-electron chi connectivity index (χ0n) is 24.5. The molecule has 0 spiro atoms. The number of pyridine rings is 1. The zero-order valence-corrected chi connectivity index (χ0v) is 27.6. The molecule has 0 saturated carbocycles. The summed E-state index contributed by atoms with van der Waals surface area (Å²) < 4.78 is 8.74. The van der Waals surface area contributed by atoms with Crippen LogP contribution in [0.2, 0.25) is 10.0 Å². The van der Waals surface area contributed by atoms with Crippen LogP contribution in [0.5, 0.6) is 5.75 Å². The Balaban J connectivity index is 1.34. The summed E-state index contributed by atoms with van der Waals surface area (Å²) in [5.74, 6) is -0.407. The standard InChI is InChI=1S/C31H31BrCl2N6O4/c1-19-30(32)40-15-5-6-25(31(40)36-19)44-18-22-23(33)12-13-24(29(22)34)39(4)28(43)16-35-26(41)14-9-20-7-10-21(11-8-20)37-27(42)17-38(2)3/h5-15H,16-18H2,1-4H3,(H,35,41)(H,37,42)/b14-9+. The molecule has 2 heterocycles. The van der Waals surface area contributed by atoms with Crippen molar-refractivity contribution in [3.05, 3.63) is 92.3 Å². The first-order valence-corrected chi connectivity index (χ1v) is 15.0. The maximum absolute atomic E-state index is 12.9. The fraction of sp³-hybridized carbons (Fsp3) is 0.226. The van der Waals surface area contributed by atoms with Gasteiger partial charge in [-0.05, 0) is 85.0 Å². The summed E-state index contributed by atoms with van der Waals surface area (Å²) in [5, 5.41) is 6.03. The second-order valence-corrected chi connectivity index (χ2v) is 11.6. The molecule has 10 nitrogen and oxygen atoms in total. The third-order valence-electron chi connectivity index (χ3n) is 6.48. The fourth-order valence-electron chi connectivity index (χ4n) is 4.18. The molecule has 0 atom stereocenters. The maximum atomic E-state index is 12.9. The summed E-state index contributed by atoms with van der Waals surface area (Å²) in [4.78, 5) is 44.9. The van der Waals surface area contributed by atoms with Crippen molar-refractivity contribution in [1.29, 1.82) is 0 Å². The number of ether oxygens (including phenoxy) is 1.